The number of hydrogen-bond donors (Lipinski definition) is 2. The van der Waals surface area contributed by atoms with Gasteiger partial charge in [0.2, 0.25) is 5.91 Å². The van der Waals surface area contributed by atoms with Crippen molar-refractivity contribution in [3.8, 4) is 5.75 Å². The molecule has 0 unspecified atom stereocenters. The normalized spacial score (nSPS) is 19.9. The van der Waals surface area contributed by atoms with E-state index in [-0.39, 0.29) is 5.91 Å². The Balaban J connectivity index is 1.54. The van der Waals surface area contributed by atoms with Crippen LogP contribution in [-0.4, -0.2) is 59.4 Å². The van der Waals surface area contributed by atoms with Gasteiger partial charge in [0, 0.05) is 24.8 Å². The largest absolute Gasteiger partial charge is 0.493 e. The van der Waals surface area contributed by atoms with Crippen LogP contribution in [-0.2, 0) is 14.4 Å². The molecule has 2 amide bonds. The number of oxime groups is 1. The molecule has 1 fully saturated rings. The van der Waals surface area contributed by atoms with Gasteiger partial charge in [-0.1, -0.05) is 18.5 Å². The molecular formula is C28H42N4O7S. The molecule has 40 heavy (non-hydrogen) atoms. The van der Waals surface area contributed by atoms with Gasteiger partial charge in [-0.3, -0.25) is 9.79 Å². The first-order valence-electron chi connectivity index (χ1n) is 13.8. The summed E-state index contributed by atoms with van der Waals surface area (Å²) in [5.74, 6) is 1.56. The maximum atomic E-state index is 13.4. The van der Waals surface area contributed by atoms with Crippen molar-refractivity contribution < 1.29 is 28.3 Å². The van der Waals surface area contributed by atoms with E-state index < -0.39 is 28.9 Å². The van der Waals surface area contributed by atoms with Crippen LogP contribution in [0.4, 0.5) is 4.79 Å². The minimum atomic E-state index is -1.01. The first-order chi connectivity index (χ1) is 18.9. The van der Waals surface area contributed by atoms with Gasteiger partial charge in [-0.25, -0.2) is 9.59 Å². The van der Waals surface area contributed by atoms with Crippen molar-refractivity contribution in [2.24, 2.45) is 16.1 Å². The number of ether oxygens (including phenoxy) is 2. The summed E-state index contributed by atoms with van der Waals surface area (Å²) in [6, 6.07) is 2.55. The second-order valence-electron chi connectivity index (χ2n) is 11.4. The molecule has 1 aromatic rings. The van der Waals surface area contributed by atoms with E-state index in [0.29, 0.717) is 66.5 Å². The second kappa shape index (κ2) is 14.0. The summed E-state index contributed by atoms with van der Waals surface area (Å²) >= 11 is 1.43. The van der Waals surface area contributed by atoms with Gasteiger partial charge < -0.3 is 29.4 Å². The van der Waals surface area contributed by atoms with E-state index in [4.69, 9.17) is 18.7 Å². The lowest BCUT2D eigenvalue weighted by atomic mass is 10.0. The zero-order valence-corrected chi connectivity index (χ0v) is 25.2. The average Bonchev–Trinajstić information content (AvgIpc) is 3.61. The predicted octanol–water partition coefficient (Wildman–Crippen LogP) is 4.60. The number of nitrogens with one attached hydrogen (secondary N) is 2. The minimum Gasteiger partial charge on any atom is -0.493 e. The van der Waals surface area contributed by atoms with E-state index in [1.54, 1.807) is 40.7 Å². The lowest BCUT2D eigenvalue weighted by Gasteiger charge is -2.24. The molecule has 1 aliphatic carbocycles. The van der Waals surface area contributed by atoms with E-state index in [1.807, 2.05) is 6.92 Å². The average molecular weight is 579 g/mol. The molecule has 11 nitrogen and oxygen atoms in total. The summed E-state index contributed by atoms with van der Waals surface area (Å²) in [5.41, 5.74) is -1.50. The third-order valence-corrected chi connectivity index (χ3v) is 7.46. The van der Waals surface area contributed by atoms with Crippen LogP contribution < -0.4 is 21.0 Å². The number of carbonyl (C=O) groups is 2. The Bertz CT molecular complexity index is 1160. The fourth-order valence-corrected chi connectivity index (χ4v) is 4.86. The van der Waals surface area contributed by atoms with Gasteiger partial charge in [-0.2, -0.15) is 0 Å². The van der Waals surface area contributed by atoms with E-state index in [0.717, 1.165) is 19.3 Å². The fraction of sp³-hybridized carbons (Fsp3) is 0.679. The number of aliphatic imine (C=N–C) groups is 1. The Labute approximate surface area is 239 Å². The van der Waals surface area contributed by atoms with Crippen LogP contribution in [0.3, 0.4) is 0 Å². The lowest BCUT2D eigenvalue weighted by Crippen LogP contribution is -2.45. The summed E-state index contributed by atoms with van der Waals surface area (Å²) in [7, 11) is 0. The molecule has 0 aromatic carbocycles. The monoisotopic (exact) mass is 578 g/mol. The van der Waals surface area contributed by atoms with Crippen LogP contribution in [0.2, 0.25) is 0 Å². The highest BCUT2D eigenvalue weighted by atomic mass is 32.2. The quantitative estimate of drug-likeness (QED) is 0.185. The summed E-state index contributed by atoms with van der Waals surface area (Å²) in [6.45, 7) is 12.2. The molecule has 12 heteroatoms. The molecule has 0 bridgehead atoms. The molecule has 0 saturated heterocycles. The Morgan fingerprint density at radius 3 is 2.73 bits per heavy atom. The maximum absolute atomic E-state index is 13.4. The lowest BCUT2D eigenvalue weighted by molar-refractivity contribution is -0.125. The van der Waals surface area contributed by atoms with Crippen molar-refractivity contribution in [3.63, 3.8) is 0 Å². The van der Waals surface area contributed by atoms with Crippen LogP contribution in [0.5, 0.6) is 5.75 Å². The zero-order valence-electron chi connectivity index (χ0n) is 24.3. The molecule has 0 radical (unpaired) electrons. The molecule has 1 saturated carbocycles. The molecule has 222 valence electrons. The fourth-order valence-electron chi connectivity index (χ4n) is 3.74. The van der Waals surface area contributed by atoms with Gasteiger partial charge in [-0.05, 0) is 59.8 Å². The zero-order chi connectivity index (χ0) is 29.3. The first kappa shape index (κ1) is 31.5. The van der Waals surface area contributed by atoms with Crippen LogP contribution in [0.25, 0.3) is 0 Å². The second-order valence-corrected chi connectivity index (χ2v) is 12.3. The number of nitrogens with zero attached hydrogens (tertiary/aromatic N) is 2. The molecule has 2 heterocycles. The number of amides is 2. The summed E-state index contributed by atoms with van der Waals surface area (Å²) in [6.07, 6.45) is 3.74. The van der Waals surface area contributed by atoms with E-state index >= 15 is 0 Å². The Morgan fingerprint density at radius 2 is 2.05 bits per heavy atom. The third kappa shape index (κ3) is 10.2. The highest BCUT2D eigenvalue weighted by Crippen LogP contribution is 2.32. The summed E-state index contributed by atoms with van der Waals surface area (Å²) in [5, 5.41) is 10.5. The number of thioether (sulfide) groups is 1. The van der Waals surface area contributed by atoms with Gasteiger partial charge in [0.1, 0.15) is 40.0 Å². The van der Waals surface area contributed by atoms with Gasteiger partial charge >= 0.3 is 11.7 Å². The van der Waals surface area contributed by atoms with Crippen LogP contribution in [0.1, 0.15) is 85.4 Å². The molecular weight excluding hydrogens is 536 g/mol. The van der Waals surface area contributed by atoms with Gasteiger partial charge in [-0.15, -0.1) is 11.8 Å². The Hall–Kier alpha value is -3.02. The van der Waals surface area contributed by atoms with E-state index in [1.165, 1.54) is 17.8 Å². The van der Waals surface area contributed by atoms with Crippen molar-refractivity contribution in [2.45, 2.75) is 90.8 Å². The third-order valence-electron chi connectivity index (χ3n) is 6.09. The molecule has 1 aliphatic heterocycles. The number of hydrogen-bond acceptors (Lipinski definition) is 10. The molecule has 2 aliphatic rings. The van der Waals surface area contributed by atoms with Crippen molar-refractivity contribution in [3.05, 3.63) is 28.3 Å². The SMILES string of the molecule is CCC[C@@H](NC(=O)[C@]1(C)CSC(/C(C)=N/OCCCNC(=O)OC(C)(C)C)=N1)c1cc(OCC2CC2)cc(=O)o1. The minimum absolute atomic E-state index is 0.262. The highest BCUT2D eigenvalue weighted by Gasteiger charge is 2.40. The Morgan fingerprint density at radius 1 is 1.30 bits per heavy atom. The predicted molar refractivity (Wildman–Crippen MR) is 155 cm³/mol. The first-order valence-corrected chi connectivity index (χ1v) is 14.8. The number of rotatable bonds is 14. The molecule has 0 spiro atoms. The standard InChI is InChI=1S/C28H42N4O7S/c1-7-9-21(22-14-20(15-23(33)38-22)36-16-19-10-11-19)30-25(34)28(6)17-40-24(31-28)18(2)32-37-13-8-12-29-26(35)39-27(3,4)5/h14-15,19,21H,7-13,16-17H2,1-6H3,(H,29,35)(H,30,34)/b32-18+/t21-,28+/m1/s1. The van der Waals surface area contributed by atoms with E-state index in [9.17, 15) is 14.4 Å². The Kier molecular flexibility index (Phi) is 11.1. The molecule has 3 rings (SSSR count). The molecule has 2 atom stereocenters. The van der Waals surface area contributed by atoms with Gasteiger partial charge in [0.15, 0.2) is 0 Å². The number of carbonyl (C=O) groups excluding carboxylic acids is 2. The summed E-state index contributed by atoms with van der Waals surface area (Å²) in [4.78, 5) is 47.3. The maximum Gasteiger partial charge on any atom is 0.407 e. The smallest absolute Gasteiger partial charge is 0.407 e. The van der Waals surface area contributed by atoms with Crippen molar-refractivity contribution >= 4 is 34.5 Å². The van der Waals surface area contributed by atoms with Crippen LogP contribution >= 0.6 is 11.8 Å². The number of alkyl carbamates (subject to hydrolysis) is 1. The van der Waals surface area contributed by atoms with Crippen molar-refractivity contribution in [1.82, 2.24) is 10.6 Å². The highest BCUT2D eigenvalue weighted by molar-refractivity contribution is 8.16. The van der Waals surface area contributed by atoms with Crippen LogP contribution in [0, 0.1) is 5.92 Å². The topological polar surface area (TPSA) is 141 Å². The van der Waals surface area contributed by atoms with E-state index in [2.05, 4.69) is 20.8 Å². The summed E-state index contributed by atoms with van der Waals surface area (Å²) < 4.78 is 16.4. The van der Waals surface area contributed by atoms with Crippen LogP contribution in [0.15, 0.2) is 31.5 Å². The molecule has 1 aromatic heterocycles. The molecule has 2 N–H and O–H groups in total. The van der Waals surface area contributed by atoms with Crippen molar-refractivity contribution in [2.75, 3.05) is 25.5 Å². The van der Waals surface area contributed by atoms with Gasteiger partial charge in [0.25, 0.3) is 0 Å². The van der Waals surface area contributed by atoms with Gasteiger partial charge in [0.05, 0.1) is 18.7 Å². The van der Waals surface area contributed by atoms with Crippen molar-refractivity contribution in [1.29, 1.82) is 0 Å².